The highest BCUT2D eigenvalue weighted by Crippen LogP contribution is 2.19. The summed E-state index contributed by atoms with van der Waals surface area (Å²) in [4.78, 5) is 37.5. The van der Waals surface area contributed by atoms with Crippen molar-refractivity contribution < 1.29 is 19.8 Å². The molecular weight excluding hydrogens is 240 g/mol. The number of amides is 1. The highest BCUT2D eigenvalue weighted by Gasteiger charge is 2.39. The van der Waals surface area contributed by atoms with Gasteiger partial charge < -0.3 is 20.1 Å². The van der Waals surface area contributed by atoms with Gasteiger partial charge in [-0.05, 0) is 6.07 Å². The highest BCUT2D eigenvalue weighted by molar-refractivity contribution is 5.95. The van der Waals surface area contributed by atoms with E-state index in [0.717, 1.165) is 4.90 Å². The predicted molar refractivity (Wildman–Crippen MR) is 60.1 cm³/mol. The van der Waals surface area contributed by atoms with E-state index in [1.165, 1.54) is 18.2 Å². The van der Waals surface area contributed by atoms with Gasteiger partial charge in [0, 0.05) is 19.0 Å². The first-order chi connectivity index (χ1) is 8.49. The number of rotatable bonds is 2. The van der Waals surface area contributed by atoms with Crippen LogP contribution in [0.4, 0.5) is 0 Å². The van der Waals surface area contributed by atoms with Gasteiger partial charge in [-0.15, -0.1) is 0 Å². The number of H-pyrrole nitrogens is 1. The number of nitrogens with zero attached hydrogens (tertiary/aromatic N) is 1. The van der Waals surface area contributed by atoms with Gasteiger partial charge in [0.1, 0.15) is 11.7 Å². The number of carboxylic acids is 1. The van der Waals surface area contributed by atoms with E-state index >= 15 is 0 Å². The standard InChI is InChI=1S/C11H12N2O5/c14-6-4-8(11(17)18)13(5-6)10(16)7-2-1-3-9(15)12-7/h1-3,6,8,14H,4-5H2,(H,12,15)(H,17,18)/t6?,8-/m0/s1. The van der Waals surface area contributed by atoms with Crippen LogP contribution in [0.1, 0.15) is 16.9 Å². The van der Waals surface area contributed by atoms with Gasteiger partial charge in [-0.2, -0.15) is 0 Å². The van der Waals surface area contributed by atoms with Crippen LogP contribution in [0.25, 0.3) is 0 Å². The van der Waals surface area contributed by atoms with Crippen molar-refractivity contribution in [1.82, 2.24) is 9.88 Å². The van der Waals surface area contributed by atoms with Crippen molar-refractivity contribution in [3.8, 4) is 0 Å². The maximum atomic E-state index is 12.0. The van der Waals surface area contributed by atoms with Crippen molar-refractivity contribution >= 4 is 11.9 Å². The normalized spacial score (nSPS) is 23.1. The molecule has 1 aliphatic heterocycles. The summed E-state index contributed by atoms with van der Waals surface area (Å²) in [6.07, 6.45) is -0.858. The second kappa shape index (κ2) is 4.61. The minimum absolute atomic E-state index is 0.00185. The summed E-state index contributed by atoms with van der Waals surface area (Å²) in [6, 6.07) is 3.00. The molecule has 0 bridgehead atoms. The average Bonchev–Trinajstić information content (AvgIpc) is 2.70. The molecule has 1 fully saturated rings. The molecule has 0 aliphatic carbocycles. The Morgan fingerprint density at radius 3 is 2.72 bits per heavy atom. The fourth-order valence-electron chi connectivity index (χ4n) is 2.00. The van der Waals surface area contributed by atoms with Crippen LogP contribution in [-0.4, -0.2) is 50.7 Å². The Labute approximate surface area is 102 Å². The van der Waals surface area contributed by atoms with Gasteiger partial charge in [0.2, 0.25) is 5.56 Å². The molecule has 0 spiro atoms. The number of likely N-dealkylation sites (tertiary alicyclic amines) is 1. The Hall–Kier alpha value is -2.15. The predicted octanol–water partition coefficient (Wildman–Crippen LogP) is -0.965. The maximum Gasteiger partial charge on any atom is 0.326 e. The van der Waals surface area contributed by atoms with E-state index in [0.29, 0.717) is 0 Å². The van der Waals surface area contributed by atoms with Gasteiger partial charge in [0.15, 0.2) is 0 Å². The van der Waals surface area contributed by atoms with E-state index in [2.05, 4.69) is 4.98 Å². The number of carbonyl (C=O) groups is 2. The summed E-state index contributed by atoms with van der Waals surface area (Å²) in [6.45, 7) is -0.0489. The molecule has 1 aliphatic rings. The SMILES string of the molecule is O=C(O)[C@@H]1CC(O)CN1C(=O)c1cccc(=O)[nH]1. The smallest absolute Gasteiger partial charge is 0.326 e. The number of hydrogen-bond acceptors (Lipinski definition) is 4. The number of carbonyl (C=O) groups excluding carboxylic acids is 1. The molecule has 1 saturated heterocycles. The zero-order valence-corrected chi connectivity index (χ0v) is 9.37. The molecule has 2 heterocycles. The minimum Gasteiger partial charge on any atom is -0.480 e. The lowest BCUT2D eigenvalue weighted by Crippen LogP contribution is -2.41. The van der Waals surface area contributed by atoms with Crippen molar-refractivity contribution in [2.75, 3.05) is 6.54 Å². The molecule has 96 valence electrons. The zero-order chi connectivity index (χ0) is 13.3. The summed E-state index contributed by atoms with van der Waals surface area (Å²) in [5.41, 5.74) is -0.421. The van der Waals surface area contributed by atoms with Gasteiger partial charge in [-0.25, -0.2) is 4.79 Å². The van der Waals surface area contributed by atoms with E-state index in [4.69, 9.17) is 5.11 Å². The Morgan fingerprint density at radius 1 is 1.39 bits per heavy atom. The number of aliphatic hydroxyl groups excluding tert-OH is 1. The number of pyridine rings is 1. The van der Waals surface area contributed by atoms with Gasteiger partial charge >= 0.3 is 5.97 Å². The van der Waals surface area contributed by atoms with Gasteiger partial charge in [-0.3, -0.25) is 9.59 Å². The number of hydrogen-bond donors (Lipinski definition) is 3. The highest BCUT2D eigenvalue weighted by atomic mass is 16.4. The number of aliphatic carboxylic acids is 1. The van der Waals surface area contributed by atoms with E-state index in [-0.39, 0.29) is 18.7 Å². The summed E-state index contributed by atoms with van der Waals surface area (Å²) in [5.74, 6) is -1.77. The second-order valence-corrected chi connectivity index (χ2v) is 4.13. The Morgan fingerprint density at radius 2 is 2.11 bits per heavy atom. The van der Waals surface area contributed by atoms with Crippen molar-refractivity contribution in [3.63, 3.8) is 0 Å². The van der Waals surface area contributed by atoms with Crippen LogP contribution in [0.5, 0.6) is 0 Å². The summed E-state index contributed by atoms with van der Waals surface area (Å²) < 4.78 is 0. The molecule has 1 aromatic rings. The van der Waals surface area contributed by atoms with E-state index < -0.39 is 29.6 Å². The second-order valence-electron chi connectivity index (χ2n) is 4.13. The molecular formula is C11H12N2O5. The molecule has 2 rings (SSSR count). The molecule has 7 heteroatoms. The summed E-state index contributed by atoms with van der Waals surface area (Å²) >= 11 is 0. The van der Waals surface area contributed by atoms with Crippen molar-refractivity contribution in [1.29, 1.82) is 0 Å². The van der Waals surface area contributed by atoms with Gasteiger partial charge in [0.05, 0.1) is 6.10 Å². The van der Waals surface area contributed by atoms with Crippen LogP contribution >= 0.6 is 0 Å². The zero-order valence-electron chi connectivity index (χ0n) is 9.37. The first-order valence-electron chi connectivity index (χ1n) is 5.40. The molecule has 0 saturated carbocycles. The number of carboxylic acid groups (broad SMARTS) is 1. The molecule has 1 unspecified atom stereocenters. The lowest BCUT2D eigenvalue weighted by Gasteiger charge is -2.20. The maximum absolute atomic E-state index is 12.0. The topological polar surface area (TPSA) is 111 Å². The van der Waals surface area contributed by atoms with Gasteiger partial charge in [0.25, 0.3) is 5.91 Å². The number of aromatic amines is 1. The first kappa shape index (κ1) is 12.3. The van der Waals surface area contributed by atoms with Crippen LogP contribution in [-0.2, 0) is 4.79 Å². The minimum atomic E-state index is -1.17. The van der Waals surface area contributed by atoms with Crippen LogP contribution < -0.4 is 5.56 Å². The van der Waals surface area contributed by atoms with E-state index in [1.54, 1.807) is 0 Å². The third-order valence-electron chi connectivity index (χ3n) is 2.82. The van der Waals surface area contributed by atoms with Gasteiger partial charge in [-0.1, -0.05) is 6.07 Å². The Bertz CT molecular complexity index is 538. The van der Waals surface area contributed by atoms with Crippen LogP contribution in [0, 0.1) is 0 Å². The quantitative estimate of drug-likeness (QED) is 0.627. The Balaban J connectivity index is 2.28. The third-order valence-corrected chi connectivity index (χ3v) is 2.82. The molecule has 0 radical (unpaired) electrons. The molecule has 1 aromatic heterocycles. The van der Waals surface area contributed by atoms with E-state index in [9.17, 15) is 19.5 Å². The lowest BCUT2D eigenvalue weighted by molar-refractivity contribution is -0.141. The van der Waals surface area contributed by atoms with Crippen LogP contribution in [0.2, 0.25) is 0 Å². The number of aliphatic hydroxyl groups is 1. The summed E-state index contributed by atoms with van der Waals surface area (Å²) in [7, 11) is 0. The van der Waals surface area contributed by atoms with Crippen molar-refractivity contribution in [2.45, 2.75) is 18.6 Å². The molecule has 1 amide bonds. The average molecular weight is 252 g/mol. The fraction of sp³-hybridized carbons (Fsp3) is 0.364. The van der Waals surface area contributed by atoms with E-state index in [1.807, 2.05) is 0 Å². The van der Waals surface area contributed by atoms with Crippen LogP contribution in [0.3, 0.4) is 0 Å². The van der Waals surface area contributed by atoms with Crippen molar-refractivity contribution in [3.05, 3.63) is 34.2 Å². The lowest BCUT2D eigenvalue weighted by atomic mass is 10.2. The number of aromatic nitrogens is 1. The molecule has 0 aromatic carbocycles. The fourth-order valence-corrected chi connectivity index (χ4v) is 2.00. The monoisotopic (exact) mass is 252 g/mol. The van der Waals surface area contributed by atoms with Crippen molar-refractivity contribution in [2.24, 2.45) is 0 Å². The first-order valence-corrected chi connectivity index (χ1v) is 5.40. The largest absolute Gasteiger partial charge is 0.480 e. The third kappa shape index (κ3) is 2.25. The number of β-amino-alcohol motifs (C(OH)–C–C–N with tert-alkyl or cyclic N) is 1. The molecule has 3 N–H and O–H groups in total. The molecule has 18 heavy (non-hydrogen) atoms. The summed E-state index contributed by atoms with van der Waals surface area (Å²) in [5, 5.41) is 18.4. The van der Waals surface area contributed by atoms with Crippen LogP contribution in [0.15, 0.2) is 23.0 Å². The Kier molecular flexibility index (Phi) is 3.15. The molecule has 2 atom stereocenters. The molecule has 7 nitrogen and oxygen atoms in total. The number of nitrogens with one attached hydrogen (secondary N) is 1.